The second kappa shape index (κ2) is 2.88. The number of H-pyrrole nitrogens is 1. The predicted molar refractivity (Wildman–Crippen MR) is 49.1 cm³/mol. The monoisotopic (exact) mass is 214 g/mol. The molecule has 7 heteroatoms. The molecule has 0 aliphatic rings. The molecule has 2 aromatic rings. The van der Waals surface area contributed by atoms with E-state index in [1.54, 1.807) is 0 Å². The molecule has 0 radical (unpaired) electrons. The minimum atomic E-state index is -0.662. The summed E-state index contributed by atoms with van der Waals surface area (Å²) in [5.41, 5.74) is -0.343. The van der Waals surface area contributed by atoms with Crippen LogP contribution in [0.5, 0.6) is 0 Å². The molecule has 5 nitrogen and oxygen atoms in total. The number of aromatic amines is 1. The number of halogens is 1. The van der Waals surface area contributed by atoms with E-state index in [1.807, 2.05) is 0 Å². The molecule has 14 heavy (non-hydrogen) atoms. The van der Waals surface area contributed by atoms with Gasteiger partial charge in [-0.15, -0.1) is 0 Å². The summed E-state index contributed by atoms with van der Waals surface area (Å²) in [6.07, 6.45) is 0. The highest BCUT2D eigenvalue weighted by molar-refractivity contribution is 7.16. The summed E-state index contributed by atoms with van der Waals surface area (Å²) >= 11 is 0.620. The zero-order chi connectivity index (χ0) is 10.3. The molecule has 0 saturated heterocycles. The zero-order valence-corrected chi connectivity index (χ0v) is 7.43. The van der Waals surface area contributed by atoms with Gasteiger partial charge in [-0.1, -0.05) is 11.3 Å². The molecule has 1 N–H and O–H groups in total. The summed E-state index contributed by atoms with van der Waals surface area (Å²) in [6.45, 7) is 0. The van der Waals surface area contributed by atoms with Crippen LogP contribution in [0.3, 0.4) is 0 Å². The summed E-state index contributed by atoms with van der Waals surface area (Å²) in [5, 5.41) is 10.5. The minimum Gasteiger partial charge on any atom is -0.306 e. The van der Waals surface area contributed by atoms with Gasteiger partial charge in [-0.2, -0.15) is 0 Å². The lowest BCUT2D eigenvalue weighted by Crippen LogP contribution is -1.93. The van der Waals surface area contributed by atoms with Crippen LogP contribution in [0.25, 0.3) is 10.2 Å². The number of aromatic nitrogens is 1. The van der Waals surface area contributed by atoms with Crippen molar-refractivity contribution in [3.8, 4) is 0 Å². The second-order valence-electron chi connectivity index (χ2n) is 2.54. The highest BCUT2D eigenvalue weighted by atomic mass is 32.1. The molecule has 0 amide bonds. The second-order valence-corrected chi connectivity index (χ2v) is 3.53. The highest BCUT2D eigenvalue weighted by Gasteiger charge is 2.17. The van der Waals surface area contributed by atoms with Crippen LogP contribution in [0.1, 0.15) is 0 Å². The zero-order valence-electron chi connectivity index (χ0n) is 6.61. The van der Waals surface area contributed by atoms with Crippen LogP contribution in [0.2, 0.25) is 0 Å². The van der Waals surface area contributed by atoms with Gasteiger partial charge in [0, 0.05) is 6.07 Å². The quantitative estimate of drug-likeness (QED) is 0.579. The van der Waals surface area contributed by atoms with E-state index < -0.39 is 15.6 Å². The Morgan fingerprint density at radius 3 is 2.86 bits per heavy atom. The maximum Gasteiger partial charge on any atom is 0.305 e. The summed E-state index contributed by atoms with van der Waals surface area (Å²) in [7, 11) is 0. The molecule has 0 atom stereocenters. The SMILES string of the molecule is O=c1[nH]c2c([N+](=O)[O-])ccc(F)c2s1. The van der Waals surface area contributed by atoms with Crippen molar-refractivity contribution in [1.82, 2.24) is 4.98 Å². The third-order valence-electron chi connectivity index (χ3n) is 1.71. The Bertz CT molecular complexity index is 574. The van der Waals surface area contributed by atoms with Crippen LogP contribution in [0.15, 0.2) is 16.9 Å². The molecule has 0 unspecified atom stereocenters. The molecule has 1 heterocycles. The Kier molecular flexibility index (Phi) is 1.81. The number of non-ortho nitro benzene ring substituents is 1. The molecule has 2 rings (SSSR count). The molecule has 1 aromatic heterocycles. The third kappa shape index (κ3) is 1.18. The van der Waals surface area contributed by atoms with Crippen LogP contribution in [0, 0.1) is 15.9 Å². The third-order valence-corrected chi connectivity index (χ3v) is 2.60. The first-order valence-electron chi connectivity index (χ1n) is 3.55. The number of nitrogens with zero attached hydrogens (tertiary/aromatic N) is 1. The fourth-order valence-corrected chi connectivity index (χ4v) is 1.90. The van der Waals surface area contributed by atoms with Gasteiger partial charge in [-0.05, 0) is 6.07 Å². The number of benzene rings is 1. The molecular weight excluding hydrogens is 211 g/mol. The van der Waals surface area contributed by atoms with Gasteiger partial charge in [-0.25, -0.2) is 4.39 Å². The van der Waals surface area contributed by atoms with Crippen molar-refractivity contribution in [3.63, 3.8) is 0 Å². The summed E-state index contributed by atoms with van der Waals surface area (Å²) in [5.74, 6) is -0.631. The van der Waals surface area contributed by atoms with Gasteiger partial charge in [0.15, 0.2) is 0 Å². The van der Waals surface area contributed by atoms with Gasteiger partial charge >= 0.3 is 4.87 Å². The molecule has 0 bridgehead atoms. The molecular formula is C7H3FN2O3S. The van der Waals surface area contributed by atoms with Crippen molar-refractivity contribution in [2.24, 2.45) is 0 Å². The van der Waals surface area contributed by atoms with Gasteiger partial charge in [0.2, 0.25) is 0 Å². The van der Waals surface area contributed by atoms with Crippen molar-refractivity contribution < 1.29 is 9.31 Å². The molecule has 72 valence electrons. The maximum atomic E-state index is 13.1. The van der Waals surface area contributed by atoms with E-state index >= 15 is 0 Å². The van der Waals surface area contributed by atoms with Crippen molar-refractivity contribution in [2.75, 3.05) is 0 Å². The van der Waals surface area contributed by atoms with Crippen LogP contribution >= 0.6 is 11.3 Å². The molecule has 0 aliphatic carbocycles. The Labute approximate surface area is 80.0 Å². The number of hydrogen-bond donors (Lipinski definition) is 1. The van der Waals surface area contributed by atoms with Crippen LogP contribution in [-0.4, -0.2) is 9.91 Å². The average Bonchev–Trinajstić information content (AvgIpc) is 2.47. The number of fused-ring (bicyclic) bond motifs is 1. The number of nitro groups is 1. The fraction of sp³-hybridized carbons (Fsp3) is 0. The van der Waals surface area contributed by atoms with E-state index in [0.29, 0.717) is 11.3 Å². The van der Waals surface area contributed by atoms with E-state index in [9.17, 15) is 19.3 Å². The number of hydrogen-bond acceptors (Lipinski definition) is 4. The Hall–Kier alpha value is -1.76. The average molecular weight is 214 g/mol. The van der Waals surface area contributed by atoms with Gasteiger partial charge in [0.1, 0.15) is 11.3 Å². The van der Waals surface area contributed by atoms with Crippen LogP contribution < -0.4 is 4.87 Å². The van der Waals surface area contributed by atoms with Gasteiger partial charge in [0.05, 0.1) is 9.62 Å². The molecule has 1 aromatic carbocycles. The summed E-state index contributed by atoms with van der Waals surface area (Å²) in [4.78, 5) is 22.5. The lowest BCUT2D eigenvalue weighted by Gasteiger charge is -1.93. The largest absolute Gasteiger partial charge is 0.306 e. The lowest BCUT2D eigenvalue weighted by molar-refractivity contribution is -0.383. The predicted octanol–water partition coefficient (Wildman–Crippen LogP) is 1.64. The molecule has 0 fully saturated rings. The standard InChI is InChI=1S/C7H3FN2O3S/c8-3-1-2-4(10(12)13)5-6(3)14-7(11)9-5/h1-2H,(H,9,11). The molecule has 0 spiro atoms. The van der Waals surface area contributed by atoms with E-state index in [1.165, 1.54) is 0 Å². The summed E-state index contributed by atoms with van der Waals surface area (Å²) in [6, 6.07) is 2.00. The van der Waals surface area contributed by atoms with Crippen LogP contribution in [-0.2, 0) is 0 Å². The maximum absolute atomic E-state index is 13.1. The van der Waals surface area contributed by atoms with Gasteiger partial charge in [-0.3, -0.25) is 14.9 Å². The van der Waals surface area contributed by atoms with Gasteiger partial charge in [0.25, 0.3) is 5.69 Å². The first kappa shape index (κ1) is 8.82. The van der Waals surface area contributed by atoms with Crippen molar-refractivity contribution >= 4 is 27.2 Å². The Morgan fingerprint density at radius 1 is 1.50 bits per heavy atom. The van der Waals surface area contributed by atoms with Gasteiger partial charge < -0.3 is 4.98 Å². The molecule has 0 saturated carbocycles. The van der Waals surface area contributed by atoms with E-state index in [0.717, 1.165) is 12.1 Å². The van der Waals surface area contributed by atoms with E-state index in [4.69, 9.17) is 0 Å². The number of nitro benzene ring substituents is 1. The topological polar surface area (TPSA) is 76.0 Å². The lowest BCUT2D eigenvalue weighted by atomic mass is 10.3. The van der Waals surface area contributed by atoms with Crippen LogP contribution in [0.4, 0.5) is 10.1 Å². The number of nitrogens with one attached hydrogen (secondary N) is 1. The fourth-order valence-electron chi connectivity index (χ4n) is 1.14. The highest BCUT2D eigenvalue weighted by Crippen LogP contribution is 2.27. The summed E-state index contributed by atoms with van der Waals surface area (Å²) < 4.78 is 13.1. The van der Waals surface area contributed by atoms with Crippen molar-refractivity contribution in [3.05, 3.63) is 37.7 Å². The smallest absolute Gasteiger partial charge is 0.305 e. The van der Waals surface area contributed by atoms with Crippen molar-refractivity contribution in [2.45, 2.75) is 0 Å². The first-order chi connectivity index (χ1) is 6.59. The van der Waals surface area contributed by atoms with E-state index in [2.05, 4.69) is 4.98 Å². The van der Waals surface area contributed by atoms with Crippen molar-refractivity contribution in [1.29, 1.82) is 0 Å². The number of rotatable bonds is 1. The first-order valence-corrected chi connectivity index (χ1v) is 4.37. The minimum absolute atomic E-state index is 0.01000. The Morgan fingerprint density at radius 2 is 2.21 bits per heavy atom. The normalized spacial score (nSPS) is 10.6. The number of thiazole rings is 1. The van der Waals surface area contributed by atoms with E-state index in [-0.39, 0.29) is 15.9 Å². The molecule has 0 aliphatic heterocycles. The Balaban J connectivity index is 2.94.